The van der Waals surface area contributed by atoms with Crippen LogP contribution in [0.4, 0.5) is 5.82 Å². The number of allylic oxidation sites excluding steroid dienone is 1. The molecule has 8 nitrogen and oxygen atoms in total. The number of nitrogens with zero attached hydrogens (tertiary/aromatic N) is 4. The fourth-order valence-electron chi connectivity index (χ4n) is 3.10. The Labute approximate surface area is 203 Å². The average Bonchev–Trinajstić information content (AvgIpc) is 2.85. The van der Waals surface area contributed by atoms with Crippen molar-refractivity contribution in [2.45, 2.75) is 59.8 Å². The molecule has 2 aromatic heterocycles. The van der Waals surface area contributed by atoms with Gasteiger partial charge >= 0.3 is 0 Å². The van der Waals surface area contributed by atoms with E-state index >= 15 is 0 Å². The Hall–Kier alpha value is -3.73. The van der Waals surface area contributed by atoms with Gasteiger partial charge in [-0.1, -0.05) is 27.2 Å². The topological polar surface area (TPSA) is 100 Å². The highest BCUT2D eigenvalue weighted by molar-refractivity contribution is 5.92. The SMILES string of the molecule is C#C.CC/C=C1\NCCCN1C(=O)CCC(=O)Nc1cnc(-c2cncc(C)c2)cn1.CCC. The number of carbonyl (C=O) groups excluding carboxylic acids is 2. The Morgan fingerprint density at radius 1 is 1.12 bits per heavy atom. The van der Waals surface area contributed by atoms with Gasteiger partial charge in [0.2, 0.25) is 11.8 Å². The van der Waals surface area contributed by atoms with E-state index in [1.807, 2.05) is 26.0 Å². The maximum absolute atomic E-state index is 12.5. The molecule has 0 aromatic carbocycles. The third-order valence-electron chi connectivity index (χ3n) is 4.51. The van der Waals surface area contributed by atoms with Crippen molar-refractivity contribution in [3.05, 3.63) is 48.3 Å². The van der Waals surface area contributed by atoms with Crippen LogP contribution in [0, 0.1) is 19.8 Å². The van der Waals surface area contributed by atoms with E-state index in [1.165, 1.54) is 12.6 Å². The van der Waals surface area contributed by atoms with Crippen LogP contribution in [-0.2, 0) is 9.59 Å². The number of aromatic nitrogens is 3. The van der Waals surface area contributed by atoms with Crippen LogP contribution in [0.25, 0.3) is 11.3 Å². The molecule has 0 unspecified atom stereocenters. The molecule has 0 radical (unpaired) electrons. The Morgan fingerprint density at radius 2 is 1.85 bits per heavy atom. The number of hydrogen-bond donors (Lipinski definition) is 2. The molecular weight excluding hydrogens is 428 g/mol. The molecule has 3 heterocycles. The van der Waals surface area contributed by atoms with E-state index in [0.29, 0.717) is 18.1 Å². The van der Waals surface area contributed by atoms with Gasteiger partial charge in [-0.25, -0.2) is 4.98 Å². The van der Waals surface area contributed by atoms with Crippen molar-refractivity contribution < 1.29 is 9.59 Å². The first kappa shape index (κ1) is 28.3. The molecule has 34 heavy (non-hydrogen) atoms. The van der Waals surface area contributed by atoms with Crippen LogP contribution < -0.4 is 10.6 Å². The molecule has 2 amide bonds. The van der Waals surface area contributed by atoms with Crippen molar-refractivity contribution in [3.8, 4) is 24.1 Å². The lowest BCUT2D eigenvalue weighted by Gasteiger charge is -2.31. The van der Waals surface area contributed by atoms with Crippen molar-refractivity contribution in [1.82, 2.24) is 25.2 Å². The fourth-order valence-corrected chi connectivity index (χ4v) is 3.10. The first-order valence-corrected chi connectivity index (χ1v) is 11.6. The second-order valence-electron chi connectivity index (χ2n) is 7.62. The molecule has 0 bridgehead atoms. The van der Waals surface area contributed by atoms with Gasteiger partial charge in [0.05, 0.1) is 18.1 Å². The van der Waals surface area contributed by atoms with Gasteiger partial charge in [0.15, 0.2) is 5.82 Å². The second kappa shape index (κ2) is 16.0. The van der Waals surface area contributed by atoms with Crippen molar-refractivity contribution in [1.29, 1.82) is 0 Å². The molecule has 8 heteroatoms. The van der Waals surface area contributed by atoms with Gasteiger partial charge in [0, 0.05) is 43.9 Å². The normalized spacial score (nSPS) is 13.5. The highest BCUT2D eigenvalue weighted by Gasteiger charge is 2.21. The number of nitrogens with one attached hydrogen (secondary N) is 2. The molecule has 2 N–H and O–H groups in total. The summed E-state index contributed by atoms with van der Waals surface area (Å²) in [5, 5.41) is 5.94. The molecule has 2 aromatic rings. The lowest BCUT2D eigenvalue weighted by atomic mass is 10.2. The molecule has 0 aliphatic carbocycles. The number of aryl methyl sites for hydroxylation is 1. The maximum Gasteiger partial charge on any atom is 0.228 e. The van der Waals surface area contributed by atoms with Gasteiger partial charge in [-0.15, -0.1) is 12.8 Å². The summed E-state index contributed by atoms with van der Waals surface area (Å²) in [6.45, 7) is 9.78. The number of terminal acetylenes is 1. The molecule has 0 spiro atoms. The molecule has 182 valence electrons. The Morgan fingerprint density at radius 3 is 2.47 bits per heavy atom. The van der Waals surface area contributed by atoms with E-state index < -0.39 is 0 Å². The number of amides is 2. The minimum absolute atomic E-state index is 0.0552. The van der Waals surface area contributed by atoms with Crippen LogP contribution in [0.2, 0.25) is 0 Å². The van der Waals surface area contributed by atoms with Gasteiger partial charge in [0.1, 0.15) is 5.82 Å². The number of hydrogen-bond acceptors (Lipinski definition) is 6. The summed E-state index contributed by atoms with van der Waals surface area (Å²) in [5.41, 5.74) is 2.58. The fraction of sp³-hybridized carbons (Fsp3) is 0.423. The standard InChI is InChI=1S/C21H26N6O2.C3H8.C2H2/c1-3-5-19-23-8-4-9-27(19)21(29)7-6-20(28)26-18-14-24-17(13-25-18)16-10-15(2)11-22-12-16;1-3-2;1-2/h5,10-14,23H,3-4,6-9H2,1-2H3,(H,25,26,28);3H2,1-2H3;1-2H/b19-5+;;. The summed E-state index contributed by atoms with van der Waals surface area (Å²) in [4.78, 5) is 39.2. The summed E-state index contributed by atoms with van der Waals surface area (Å²) in [7, 11) is 0. The van der Waals surface area contributed by atoms with E-state index in [0.717, 1.165) is 36.3 Å². The van der Waals surface area contributed by atoms with E-state index in [9.17, 15) is 9.59 Å². The van der Waals surface area contributed by atoms with Crippen molar-refractivity contribution in [2.75, 3.05) is 18.4 Å². The maximum atomic E-state index is 12.5. The van der Waals surface area contributed by atoms with Crippen molar-refractivity contribution in [3.63, 3.8) is 0 Å². The summed E-state index contributed by atoms with van der Waals surface area (Å²) < 4.78 is 0. The number of carbonyl (C=O) groups is 2. The Bertz CT molecular complexity index is 953. The molecule has 1 fully saturated rings. The highest BCUT2D eigenvalue weighted by Crippen LogP contribution is 2.17. The molecule has 3 rings (SSSR count). The van der Waals surface area contributed by atoms with E-state index in [4.69, 9.17) is 0 Å². The summed E-state index contributed by atoms with van der Waals surface area (Å²) >= 11 is 0. The van der Waals surface area contributed by atoms with Crippen LogP contribution in [-0.4, -0.2) is 44.8 Å². The molecule has 1 saturated heterocycles. The molecule has 1 aliphatic heterocycles. The lowest BCUT2D eigenvalue weighted by Crippen LogP contribution is -2.43. The average molecular weight is 465 g/mol. The van der Waals surface area contributed by atoms with Gasteiger partial charge in [-0.2, -0.15) is 0 Å². The Kier molecular flexibility index (Phi) is 13.3. The van der Waals surface area contributed by atoms with Gasteiger partial charge in [0.25, 0.3) is 0 Å². The first-order valence-electron chi connectivity index (χ1n) is 11.6. The molecular formula is C26H36N6O2. The smallest absolute Gasteiger partial charge is 0.228 e. The van der Waals surface area contributed by atoms with Gasteiger partial charge in [-0.05, 0) is 37.5 Å². The van der Waals surface area contributed by atoms with E-state index in [2.05, 4.69) is 52.3 Å². The van der Waals surface area contributed by atoms with Crippen LogP contribution >= 0.6 is 0 Å². The monoisotopic (exact) mass is 464 g/mol. The summed E-state index contributed by atoms with van der Waals surface area (Å²) in [5.74, 6) is 0.887. The number of anilines is 1. The van der Waals surface area contributed by atoms with Crippen molar-refractivity contribution >= 4 is 17.6 Å². The quantitative estimate of drug-likeness (QED) is 0.618. The Balaban J connectivity index is 0.00000107. The van der Waals surface area contributed by atoms with Crippen LogP contribution in [0.15, 0.2) is 42.8 Å². The second-order valence-corrected chi connectivity index (χ2v) is 7.62. The van der Waals surface area contributed by atoms with Crippen LogP contribution in [0.3, 0.4) is 0 Å². The van der Waals surface area contributed by atoms with Gasteiger partial charge in [-0.3, -0.25) is 24.5 Å². The zero-order valence-electron chi connectivity index (χ0n) is 20.7. The zero-order valence-corrected chi connectivity index (χ0v) is 20.7. The number of pyridine rings is 1. The van der Waals surface area contributed by atoms with Crippen LogP contribution in [0.5, 0.6) is 0 Å². The molecule has 0 atom stereocenters. The zero-order chi connectivity index (χ0) is 25.3. The highest BCUT2D eigenvalue weighted by atomic mass is 16.2. The molecule has 0 saturated carbocycles. The van der Waals surface area contributed by atoms with E-state index in [1.54, 1.807) is 23.5 Å². The minimum Gasteiger partial charge on any atom is -0.372 e. The third kappa shape index (κ3) is 9.41. The van der Waals surface area contributed by atoms with Gasteiger partial charge < -0.3 is 10.6 Å². The lowest BCUT2D eigenvalue weighted by molar-refractivity contribution is -0.131. The number of rotatable bonds is 6. The predicted octanol–water partition coefficient (Wildman–Crippen LogP) is 4.30. The van der Waals surface area contributed by atoms with Crippen molar-refractivity contribution in [2.24, 2.45) is 0 Å². The molecule has 1 aliphatic rings. The third-order valence-corrected chi connectivity index (χ3v) is 4.51. The largest absolute Gasteiger partial charge is 0.372 e. The summed E-state index contributed by atoms with van der Waals surface area (Å²) in [6, 6.07) is 1.97. The van der Waals surface area contributed by atoms with Crippen LogP contribution in [0.1, 0.15) is 58.4 Å². The predicted molar refractivity (Wildman–Crippen MR) is 136 cm³/mol. The summed E-state index contributed by atoms with van der Waals surface area (Å²) in [6.07, 6.45) is 19.8. The first-order chi connectivity index (χ1) is 16.5. The minimum atomic E-state index is -0.261. The van der Waals surface area contributed by atoms with E-state index in [-0.39, 0.29) is 24.7 Å².